The van der Waals surface area contributed by atoms with Crippen LogP contribution in [0.4, 0.5) is 0 Å². The van der Waals surface area contributed by atoms with Crippen LogP contribution in [0.5, 0.6) is 0 Å². The van der Waals surface area contributed by atoms with E-state index in [1.54, 1.807) is 24.3 Å². The highest BCUT2D eigenvalue weighted by Crippen LogP contribution is 2.05. The van der Waals surface area contributed by atoms with Gasteiger partial charge in [-0.2, -0.15) is 0 Å². The van der Waals surface area contributed by atoms with Gasteiger partial charge in [-0.1, -0.05) is 42.2 Å². The van der Waals surface area contributed by atoms with E-state index in [2.05, 4.69) is 27.1 Å². The van der Waals surface area contributed by atoms with Crippen molar-refractivity contribution in [2.45, 2.75) is 0 Å². The third-order valence-corrected chi connectivity index (χ3v) is 3.17. The van der Waals surface area contributed by atoms with Gasteiger partial charge in [0.1, 0.15) is 0 Å². The fourth-order valence-electron chi connectivity index (χ4n) is 2.07. The maximum absolute atomic E-state index is 12.0. The molecule has 0 fully saturated rings. The second-order valence-electron chi connectivity index (χ2n) is 4.78. The molecule has 0 aliphatic rings. The zero-order valence-corrected chi connectivity index (χ0v) is 12.2. The van der Waals surface area contributed by atoms with Gasteiger partial charge in [0, 0.05) is 5.56 Å². The number of aromatic nitrogens is 2. The van der Waals surface area contributed by atoms with Crippen LogP contribution in [0.25, 0.3) is 10.9 Å². The highest BCUT2D eigenvalue weighted by atomic mass is 16.2. The van der Waals surface area contributed by atoms with Crippen LogP contribution in [-0.2, 0) is 0 Å². The molecule has 0 bridgehead atoms. The standard InChI is InChI=1S/C18H13N3O2/c22-17-14-10-4-5-11-15(14)20-16(21-17)18(23)19-12-6-9-13-7-2-1-3-8-13/h1-5,7-8,10-11H,12H2,(H,19,23)(H,20,21,22). The molecule has 0 unspecified atom stereocenters. The summed E-state index contributed by atoms with van der Waals surface area (Å²) >= 11 is 0. The first-order chi connectivity index (χ1) is 11.2. The molecule has 1 amide bonds. The lowest BCUT2D eigenvalue weighted by molar-refractivity contribution is 0.0948. The van der Waals surface area contributed by atoms with Gasteiger partial charge in [0.05, 0.1) is 17.4 Å². The van der Waals surface area contributed by atoms with Gasteiger partial charge in [-0.3, -0.25) is 9.59 Å². The van der Waals surface area contributed by atoms with Crippen LogP contribution in [0.1, 0.15) is 16.2 Å². The summed E-state index contributed by atoms with van der Waals surface area (Å²) in [6.07, 6.45) is 0. The molecule has 0 radical (unpaired) electrons. The lowest BCUT2D eigenvalue weighted by Crippen LogP contribution is -2.28. The van der Waals surface area contributed by atoms with E-state index in [0.717, 1.165) is 5.56 Å². The largest absolute Gasteiger partial charge is 0.338 e. The number of H-pyrrole nitrogens is 1. The number of hydrogen-bond acceptors (Lipinski definition) is 3. The number of aromatic amines is 1. The molecule has 0 spiro atoms. The number of amides is 1. The minimum Gasteiger partial charge on any atom is -0.338 e. The van der Waals surface area contributed by atoms with Crippen molar-refractivity contribution < 1.29 is 4.79 Å². The molecule has 5 nitrogen and oxygen atoms in total. The number of carbonyl (C=O) groups is 1. The predicted octanol–water partition coefficient (Wildman–Crippen LogP) is 1.70. The van der Waals surface area contributed by atoms with Gasteiger partial charge < -0.3 is 10.3 Å². The molecule has 0 aliphatic heterocycles. The number of nitrogens with one attached hydrogen (secondary N) is 2. The van der Waals surface area contributed by atoms with Crippen LogP contribution in [0, 0.1) is 11.8 Å². The van der Waals surface area contributed by atoms with Crippen molar-refractivity contribution in [1.82, 2.24) is 15.3 Å². The molecule has 1 heterocycles. The summed E-state index contributed by atoms with van der Waals surface area (Å²) in [4.78, 5) is 30.6. The van der Waals surface area contributed by atoms with E-state index in [4.69, 9.17) is 0 Å². The Hall–Kier alpha value is -3.39. The summed E-state index contributed by atoms with van der Waals surface area (Å²) < 4.78 is 0. The maximum Gasteiger partial charge on any atom is 0.287 e. The molecule has 2 N–H and O–H groups in total. The van der Waals surface area contributed by atoms with Gasteiger partial charge >= 0.3 is 0 Å². The van der Waals surface area contributed by atoms with E-state index in [9.17, 15) is 9.59 Å². The molecule has 3 aromatic rings. The van der Waals surface area contributed by atoms with Gasteiger partial charge in [0.2, 0.25) is 0 Å². The van der Waals surface area contributed by atoms with Crippen molar-refractivity contribution in [2.24, 2.45) is 0 Å². The van der Waals surface area contributed by atoms with Crippen LogP contribution < -0.4 is 10.9 Å². The molecule has 112 valence electrons. The maximum atomic E-state index is 12.0. The predicted molar refractivity (Wildman–Crippen MR) is 88.0 cm³/mol. The first-order valence-corrected chi connectivity index (χ1v) is 7.05. The fraction of sp³-hybridized carbons (Fsp3) is 0.0556. The van der Waals surface area contributed by atoms with E-state index in [1.165, 1.54) is 0 Å². The summed E-state index contributed by atoms with van der Waals surface area (Å²) in [5.41, 5.74) is 1.02. The zero-order chi connectivity index (χ0) is 16.1. The van der Waals surface area contributed by atoms with Crippen LogP contribution in [0.2, 0.25) is 0 Å². The molecular formula is C18H13N3O2. The minimum absolute atomic E-state index is 0.0183. The van der Waals surface area contributed by atoms with Crippen molar-refractivity contribution in [3.05, 3.63) is 76.3 Å². The molecule has 0 aliphatic carbocycles. The molecule has 5 heteroatoms. The van der Waals surface area contributed by atoms with Gasteiger partial charge in [0.15, 0.2) is 5.82 Å². The topological polar surface area (TPSA) is 74.8 Å². The molecule has 2 aromatic carbocycles. The first-order valence-electron chi connectivity index (χ1n) is 7.05. The average Bonchev–Trinajstić information content (AvgIpc) is 2.59. The van der Waals surface area contributed by atoms with Gasteiger partial charge in [-0.15, -0.1) is 0 Å². The number of fused-ring (bicyclic) bond motifs is 1. The van der Waals surface area contributed by atoms with Crippen molar-refractivity contribution in [2.75, 3.05) is 6.54 Å². The molecule has 0 atom stereocenters. The van der Waals surface area contributed by atoms with Crippen molar-refractivity contribution in [3.8, 4) is 11.8 Å². The number of carbonyl (C=O) groups excluding carboxylic acids is 1. The Morgan fingerprint density at radius 1 is 1.09 bits per heavy atom. The Kier molecular flexibility index (Phi) is 4.16. The van der Waals surface area contributed by atoms with Gasteiger partial charge in [0.25, 0.3) is 11.5 Å². The smallest absolute Gasteiger partial charge is 0.287 e. The van der Waals surface area contributed by atoms with Crippen LogP contribution in [0.3, 0.4) is 0 Å². The summed E-state index contributed by atoms with van der Waals surface area (Å²) in [5, 5.41) is 3.07. The van der Waals surface area contributed by atoms with Crippen molar-refractivity contribution >= 4 is 16.8 Å². The Labute approximate surface area is 132 Å². The molecule has 0 saturated heterocycles. The Morgan fingerprint density at radius 3 is 2.65 bits per heavy atom. The first kappa shape index (κ1) is 14.5. The van der Waals surface area contributed by atoms with Crippen LogP contribution >= 0.6 is 0 Å². The number of rotatable bonds is 2. The van der Waals surface area contributed by atoms with E-state index < -0.39 is 5.91 Å². The Bertz CT molecular complexity index is 966. The molecule has 23 heavy (non-hydrogen) atoms. The number of hydrogen-bond donors (Lipinski definition) is 2. The SMILES string of the molecule is O=C(NCC#Cc1ccccc1)c1nc2ccccc2c(=O)[nH]1. The number of nitrogens with zero attached hydrogens (tertiary/aromatic N) is 1. The molecule has 0 saturated carbocycles. The Morgan fingerprint density at radius 2 is 1.83 bits per heavy atom. The monoisotopic (exact) mass is 303 g/mol. The second-order valence-corrected chi connectivity index (χ2v) is 4.78. The third-order valence-electron chi connectivity index (χ3n) is 3.17. The average molecular weight is 303 g/mol. The quantitative estimate of drug-likeness (QED) is 0.708. The summed E-state index contributed by atoms with van der Waals surface area (Å²) in [6, 6.07) is 16.3. The van der Waals surface area contributed by atoms with Gasteiger partial charge in [-0.25, -0.2) is 4.98 Å². The molecule has 3 rings (SSSR count). The highest BCUT2D eigenvalue weighted by molar-refractivity contribution is 5.92. The summed E-state index contributed by atoms with van der Waals surface area (Å²) in [6.45, 7) is 0.171. The normalized spacial score (nSPS) is 9.91. The van der Waals surface area contributed by atoms with E-state index in [1.807, 2.05) is 30.3 Å². The molecule has 1 aromatic heterocycles. The fourth-order valence-corrected chi connectivity index (χ4v) is 2.07. The number of benzene rings is 2. The lowest BCUT2D eigenvalue weighted by Gasteiger charge is -2.02. The van der Waals surface area contributed by atoms with Crippen molar-refractivity contribution in [1.29, 1.82) is 0 Å². The number of para-hydroxylation sites is 1. The lowest BCUT2D eigenvalue weighted by atomic mass is 10.2. The second kappa shape index (κ2) is 6.58. The zero-order valence-electron chi connectivity index (χ0n) is 12.2. The van der Waals surface area contributed by atoms with E-state index >= 15 is 0 Å². The van der Waals surface area contributed by atoms with Gasteiger partial charge in [-0.05, 0) is 24.3 Å². The summed E-state index contributed by atoms with van der Waals surface area (Å²) in [5.74, 6) is 5.31. The van der Waals surface area contributed by atoms with Crippen LogP contribution in [0.15, 0.2) is 59.4 Å². The molecular weight excluding hydrogens is 290 g/mol. The minimum atomic E-state index is -0.463. The van der Waals surface area contributed by atoms with E-state index in [-0.39, 0.29) is 17.9 Å². The highest BCUT2D eigenvalue weighted by Gasteiger charge is 2.09. The van der Waals surface area contributed by atoms with Crippen LogP contribution in [-0.4, -0.2) is 22.4 Å². The Balaban J connectivity index is 1.72. The summed E-state index contributed by atoms with van der Waals surface area (Å²) in [7, 11) is 0. The van der Waals surface area contributed by atoms with Crippen molar-refractivity contribution in [3.63, 3.8) is 0 Å². The van der Waals surface area contributed by atoms with E-state index in [0.29, 0.717) is 10.9 Å². The third kappa shape index (κ3) is 3.44.